The van der Waals surface area contributed by atoms with E-state index in [0.717, 1.165) is 34.3 Å². The molecule has 0 unspecified atom stereocenters. The summed E-state index contributed by atoms with van der Waals surface area (Å²) in [5.41, 5.74) is 2.80. The molecule has 1 aromatic carbocycles. The number of carbonyl (C=O) groups excluding carboxylic acids is 2. The molecule has 3 heterocycles. The van der Waals surface area contributed by atoms with Crippen LogP contribution in [-0.2, 0) is 14.3 Å². The van der Waals surface area contributed by atoms with E-state index >= 15 is 0 Å². The van der Waals surface area contributed by atoms with E-state index in [1.807, 2.05) is 42.6 Å². The lowest BCUT2D eigenvalue weighted by molar-refractivity contribution is -0.153. The second-order valence-corrected chi connectivity index (χ2v) is 8.20. The lowest BCUT2D eigenvalue weighted by Gasteiger charge is -2.37. The van der Waals surface area contributed by atoms with Crippen molar-refractivity contribution < 1.29 is 14.3 Å². The molecule has 0 N–H and O–H groups in total. The monoisotopic (exact) mass is 411 g/mol. The molecular formula is C22H25N3O3S. The number of aryl methyl sites for hydroxylation is 1. The fourth-order valence-corrected chi connectivity index (χ4v) is 5.04. The van der Waals surface area contributed by atoms with E-state index in [-0.39, 0.29) is 12.5 Å². The minimum absolute atomic E-state index is 0.225. The second kappa shape index (κ2) is 7.99. The molecular weight excluding hydrogens is 386 g/mol. The fraction of sp³-hybridized carbons (Fsp3) is 0.409. The normalized spacial score (nSPS) is 18.9. The number of ether oxygens (including phenoxy) is 1. The lowest BCUT2D eigenvalue weighted by Crippen LogP contribution is -2.50. The Kier molecular flexibility index (Phi) is 5.41. The number of carbonyl (C=O) groups is 2. The topological polar surface area (TPSA) is 64.4 Å². The van der Waals surface area contributed by atoms with Crippen LogP contribution in [0.25, 0.3) is 11.0 Å². The first kappa shape index (κ1) is 19.6. The number of anilines is 1. The Morgan fingerprint density at radius 2 is 2.03 bits per heavy atom. The Labute approximate surface area is 174 Å². The van der Waals surface area contributed by atoms with Gasteiger partial charge >= 0.3 is 5.97 Å². The highest BCUT2D eigenvalue weighted by Gasteiger charge is 2.48. The molecule has 0 spiro atoms. The number of amides is 1. The summed E-state index contributed by atoms with van der Waals surface area (Å²) in [7, 11) is 0. The van der Waals surface area contributed by atoms with Crippen LogP contribution in [0.3, 0.4) is 0 Å². The maximum Gasteiger partial charge on any atom is 0.321 e. The molecule has 4 rings (SSSR count). The van der Waals surface area contributed by atoms with Crippen molar-refractivity contribution in [2.45, 2.75) is 39.7 Å². The van der Waals surface area contributed by atoms with Crippen LogP contribution in [-0.4, -0.2) is 34.6 Å². The number of benzene rings is 1. The molecule has 1 aliphatic rings. The number of imidazole rings is 1. The van der Waals surface area contributed by atoms with Crippen molar-refractivity contribution in [2.75, 3.05) is 18.1 Å². The maximum atomic E-state index is 13.6. The largest absolute Gasteiger partial charge is 0.465 e. The van der Waals surface area contributed by atoms with Gasteiger partial charge in [-0.25, -0.2) is 4.98 Å². The molecule has 0 fully saturated rings. The van der Waals surface area contributed by atoms with Crippen LogP contribution in [0.4, 0.5) is 5.95 Å². The molecule has 0 saturated carbocycles. The van der Waals surface area contributed by atoms with Gasteiger partial charge in [0.25, 0.3) is 0 Å². The van der Waals surface area contributed by atoms with E-state index in [1.54, 1.807) is 23.2 Å². The summed E-state index contributed by atoms with van der Waals surface area (Å²) in [4.78, 5) is 34.0. The summed E-state index contributed by atoms with van der Waals surface area (Å²) >= 11 is 1.56. The quantitative estimate of drug-likeness (QED) is 0.448. The molecule has 152 valence electrons. The predicted octanol–water partition coefficient (Wildman–Crippen LogP) is 4.32. The SMILES string of the molecule is CCCCN1C(=O)[C@H](C(=O)OCC)[C@H](c2sccc2C)n2c1nc1ccccc12. The van der Waals surface area contributed by atoms with E-state index in [0.29, 0.717) is 12.5 Å². The van der Waals surface area contributed by atoms with E-state index < -0.39 is 17.9 Å². The summed E-state index contributed by atoms with van der Waals surface area (Å²) in [5.74, 6) is -1.00. The Morgan fingerprint density at radius 3 is 2.72 bits per heavy atom. The summed E-state index contributed by atoms with van der Waals surface area (Å²) in [5, 5.41) is 2.00. The molecule has 6 nitrogen and oxygen atoms in total. The smallest absolute Gasteiger partial charge is 0.321 e. The van der Waals surface area contributed by atoms with Crippen LogP contribution < -0.4 is 4.90 Å². The molecule has 29 heavy (non-hydrogen) atoms. The summed E-state index contributed by atoms with van der Waals surface area (Å²) < 4.78 is 7.42. The van der Waals surface area contributed by atoms with Crippen LogP contribution in [0, 0.1) is 12.8 Å². The number of para-hydroxylation sites is 2. The van der Waals surface area contributed by atoms with Crippen molar-refractivity contribution in [3.63, 3.8) is 0 Å². The molecule has 0 aliphatic carbocycles. The third-order valence-corrected chi connectivity index (χ3v) is 6.48. The molecule has 7 heteroatoms. The van der Waals surface area contributed by atoms with Gasteiger partial charge in [0.15, 0.2) is 5.92 Å². The number of esters is 1. The van der Waals surface area contributed by atoms with Crippen molar-refractivity contribution in [3.8, 4) is 0 Å². The first-order chi connectivity index (χ1) is 14.1. The number of aromatic nitrogens is 2. The molecule has 1 aliphatic heterocycles. The van der Waals surface area contributed by atoms with Crippen LogP contribution in [0.15, 0.2) is 35.7 Å². The zero-order chi connectivity index (χ0) is 20.5. The van der Waals surface area contributed by atoms with Gasteiger partial charge < -0.3 is 4.74 Å². The number of rotatable bonds is 6. The number of thiophene rings is 1. The lowest BCUT2D eigenvalue weighted by atomic mass is 9.92. The minimum atomic E-state index is -0.922. The van der Waals surface area contributed by atoms with Gasteiger partial charge in [-0.3, -0.25) is 19.1 Å². The van der Waals surface area contributed by atoms with Crippen molar-refractivity contribution in [1.82, 2.24) is 9.55 Å². The van der Waals surface area contributed by atoms with E-state index in [1.165, 1.54) is 0 Å². The van der Waals surface area contributed by atoms with Gasteiger partial charge in [-0.05, 0) is 49.4 Å². The third-order valence-electron chi connectivity index (χ3n) is 5.39. The number of fused-ring (bicyclic) bond motifs is 3. The third kappa shape index (κ3) is 3.23. The Morgan fingerprint density at radius 1 is 1.24 bits per heavy atom. The molecule has 0 radical (unpaired) electrons. The Balaban J connectivity index is 1.98. The second-order valence-electron chi connectivity index (χ2n) is 7.26. The predicted molar refractivity (Wildman–Crippen MR) is 114 cm³/mol. The Hall–Kier alpha value is -2.67. The average Bonchev–Trinajstić information content (AvgIpc) is 3.30. The summed E-state index contributed by atoms with van der Waals surface area (Å²) in [6.45, 7) is 6.64. The number of nitrogens with zero attached hydrogens (tertiary/aromatic N) is 3. The number of unbranched alkanes of at least 4 members (excludes halogenated alkanes) is 1. The zero-order valence-electron chi connectivity index (χ0n) is 16.9. The summed E-state index contributed by atoms with van der Waals surface area (Å²) in [6, 6.07) is 9.41. The van der Waals surface area contributed by atoms with Crippen LogP contribution >= 0.6 is 11.3 Å². The van der Waals surface area contributed by atoms with Gasteiger partial charge in [0.2, 0.25) is 11.9 Å². The summed E-state index contributed by atoms with van der Waals surface area (Å²) in [6.07, 6.45) is 1.79. The van der Waals surface area contributed by atoms with Crippen molar-refractivity contribution in [2.24, 2.45) is 5.92 Å². The first-order valence-electron chi connectivity index (χ1n) is 10.1. The van der Waals surface area contributed by atoms with Crippen LogP contribution in [0.5, 0.6) is 0 Å². The Bertz CT molecular complexity index is 1050. The molecule has 1 amide bonds. The van der Waals surface area contributed by atoms with E-state index in [9.17, 15) is 9.59 Å². The molecule has 0 saturated heterocycles. The highest BCUT2D eigenvalue weighted by Crippen LogP contribution is 2.43. The number of hydrogen-bond donors (Lipinski definition) is 0. The van der Waals surface area contributed by atoms with Gasteiger partial charge in [0.1, 0.15) is 0 Å². The van der Waals surface area contributed by atoms with Crippen LogP contribution in [0.1, 0.15) is 43.2 Å². The number of hydrogen-bond acceptors (Lipinski definition) is 5. The van der Waals surface area contributed by atoms with Crippen molar-refractivity contribution in [1.29, 1.82) is 0 Å². The van der Waals surface area contributed by atoms with Gasteiger partial charge in [-0.1, -0.05) is 25.5 Å². The van der Waals surface area contributed by atoms with Crippen LogP contribution in [0.2, 0.25) is 0 Å². The molecule has 2 atom stereocenters. The fourth-order valence-electron chi connectivity index (χ4n) is 3.99. The average molecular weight is 412 g/mol. The van der Waals surface area contributed by atoms with Crippen molar-refractivity contribution >= 4 is 40.2 Å². The van der Waals surface area contributed by atoms with E-state index in [4.69, 9.17) is 9.72 Å². The minimum Gasteiger partial charge on any atom is -0.465 e. The van der Waals surface area contributed by atoms with Crippen molar-refractivity contribution in [3.05, 3.63) is 46.2 Å². The van der Waals surface area contributed by atoms with Gasteiger partial charge in [0.05, 0.1) is 23.7 Å². The molecule has 2 aromatic heterocycles. The van der Waals surface area contributed by atoms with Gasteiger partial charge in [0, 0.05) is 11.4 Å². The highest BCUT2D eigenvalue weighted by molar-refractivity contribution is 7.10. The zero-order valence-corrected chi connectivity index (χ0v) is 17.7. The van der Waals surface area contributed by atoms with Gasteiger partial charge in [-0.2, -0.15) is 0 Å². The molecule has 0 bridgehead atoms. The van der Waals surface area contributed by atoms with Gasteiger partial charge in [-0.15, -0.1) is 11.3 Å². The standard InChI is InChI=1S/C22H25N3O3S/c1-4-6-12-24-20(26)17(21(27)28-5-2)18(19-14(3)11-13-29-19)25-16-10-8-7-9-15(16)23-22(24)25/h7-11,13,17-18H,4-6,12H2,1-3H3/t17-,18-/m1/s1. The maximum absolute atomic E-state index is 13.6. The molecule has 3 aromatic rings. The highest BCUT2D eigenvalue weighted by atomic mass is 32.1. The first-order valence-corrected chi connectivity index (χ1v) is 10.9. The van der Waals surface area contributed by atoms with E-state index in [2.05, 4.69) is 11.5 Å².